The summed E-state index contributed by atoms with van der Waals surface area (Å²) < 4.78 is 31.7. The monoisotopic (exact) mass is 346 g/mol. The summed E-state index contributed by atoms with van der Waals surface area (Å²) in [6, 6.07) is 3.85. The molecule has 7 heteroatoms. The summed E-state index contributed by atoms with van der Waals surface area (Å²) in [6.07, 6.45) is 4.21. The van der Waals surface area contributed by atoms with Crippen molar-refractivity contribution in [2.45, 2.75) is 44.8 Å². The summed E-state index contributed by atoms with van der Waals surface area (Å²) in [6.45, 7) is 1.30. The molecular formula is C18H20F2N4O. The summed E-state index contributed by atoms with van der Waals surface area (Å²) in [7, 11) is 0. The summed E-state index contributed by atoms with van der Waals surface area (Å²) >= 11 is 0. The van der Waals surface area contributed by atoms with Gasteiger partial charge in [-0.2, -0.15) is 13.9 Å². The normalized spacial score (nSPS) is 31.5. The maximum Gasteiger partial charge on any atom is 0.387 e. The van der Waals surface area contributed by atoms with Crippen LogP contribution in [0.25, 0.3) is 11.3 Å². The van der Waals surface area contributed by atoms with Gasteiger partial charge >= 0.3 is 6.61 Å². The Labute approximate surface area is 144 Å². The van der Waals surface area contributed by atoms with Gasteiger partial charge in [0.05, 0.1) is 5.69 Å². The van der Waals surface area contributed by atoms with Crippen LogP contribution in [0.1, 0.15) is 38.4 Å². The predicted octanol–water partition coefficient (Wildman–Crippen LogP) is 3.62. The van der Waals surface area contributed by atoms with Crippen molar-refractivity contribution in [2.24, 2.45) is 17.8 Å². The number of anilines is 1. The first-order valence-electron chi connectivity index (χ1n) is 8.75. The fourth-order valence-corrected chi connectivity index (χ4v) is 5.25. The van der Waals surface area contributed by atoms with Crippen LogP contribution in [0.3, 0.4) is 0 Å². The van der Waals surface area contributed by atoms with Crippen molar-refractivity contribution in [2.75, 3.05) is 5.73 Å². The molecule has 2 aromatic rings. The van der Waals surface area contributed by atoms with Crippen molar-refractivity contribution in [3.05, 3.63) is 24.0 Å². The lowest BCUT2D eigenvalue weighted by atomic mass is 10.0. The van der Waals surface area contributed by atoms with E-state index in [1.54, 1.807) is 6.20 Å². The van der Waals surface area contributed by atoms with Gasteiger partial charge in [-0.1, -0.05) is 0 Å². The second-order valence-electron chi connectivity index (χ2n) is 7.69. The van der Waals surface area contributed by atoms with Crippen LogP contribution in [0.2, 0.25) is 0 Å². The number of fused-ring (bicyclic) bond motifs is 1. The van der Waals surface area contributed by atoms with Gasteiger partial charge < -0.3 is 10.5 Å². The maximum absolute atomic E-state index is 12.5. The minimum Gasteiger partial charge on any atom is -0.431 e. The van der Waals surface area contributed by atoms with Gasteiger partial charge in [0.25, 0.3) is 0 Å². The van der Waals surface area contributed by atoms with E-state index < -0.39 is 6.61 Å². The lowest BCUT2D eigenvalue weighted by Crippen LogP contribution is -2.14. The van der Waals surface area contributed by atoms with Crippen LogP contribution in [0, 0.1) is 17.8 Å². The van der Waals surface area contributed by atoms with Crippen molar-refractivity contribution >= 4 is 5.82 Å². The van der Waals surface area contributed by atoms with E-state index in [0.29, 0.717) is 11.0 Å². The molecule has 0 spiro atoms. The number of alkyl halides is 2. The number of aromatic nitrogens is 3. The van der Waals surface area contributed by atoms with E-state index in [1.807, 2.05) is 0 Å². The van der Waals surface area contributed by atoms with E-state index in [9.17, 15) is 8.78 Å². The van der Waals surface area contributed by atoms with Gasteiger partial charge in [0.2, 0.25) is 0 Å². The molecule has 2 N–H and O–H groups in total. The van der Waals surface area contributed by atoms with Gasteiger partial charge in [-0.05, 0) is 56.6 Å². The summed E-state index contributed by atoms with van der Waals surface area (Å²) in [5, 5.41) is 4.75. The van der Waals surface area contributed by atoms with Crippen LogP contribution in [0.4, 0.5) is 14.6 Å². The number of ether oxygens (including phenoxy) is 1. The Morgan fingerprint density at radius 2 is 2.00 bits per heavy atom. The Kier molecular flexibility index (Phi) is 2.84. The molecule has 0 aromatic carbocycles. The van der Waals surface area contributed by atoms with E-state index in [-0.39, 0.29) is 17.6 Å². The molecule has 132 valence electrons. The van der Waals surface area contributed by atoms with Crippen LogP contribution < -0.4 is 10.5 Å². The van der Waals surface area contributed by atoms with Crippen molar-refractivity contribution in [1.29, 1.82) is 0 Å². The Balaban J connectivity index is 1.55. The van der Waals surface area contributed by atoms with Crippen molar-refractivity contribution in [1.82, 2.24) is 14.8 Å². The van der Waals surface area contributed by atoms with Gasteiger partial charge in [0.15, 0.2) is 11.6 Å². The minimum absolute atomic E-state index is 0.0475. The third-order valence-electron chi connectivity index (χ3n) is 6.28. The summed E-state index contributed by atoms with van der Waals surface area (Å²) in [5.41, 5.74) is 8.66. The third kappa shape index (κ3) is 1.86. The molecule has 4 aliphatic carbocycles. The summed E-state index contributed by atoms with van der Waals surface area (Å²) in [4.78, 5) is 3.99. The zero-order chi connectivity index (χ0) is 17.5. The fraction of sp³-hybridized carbons (Fsp3) is 0.556. The van der Waals surface area contributed by atoms with Gasteiger partial charge in [0.1, 0.15) is 0 Å². The van der Waals surface area contributed by atoms with Crippen LogP contribution >= 0.6 is 0 Å². The molecule has 0 aliphatic heterocycles. The first-order chi connectivity index (χ1) is 11.9. The standard InChI is InChI=1S/C18H20F2N4O/c1-8(2)24-14(18-10-3-4-11(18)15(10)18)6-12(23-24)9-5-13(25-17(19)20)16(21)22-7-9/h5-8,10-11,15,17H,3-4H2,1-2H3,(H2,21,22)/t10-,11?,15?,18?/m1/s1. The number of rotatable bonds is 5. The van der Waals surface area contributed by atoms with Crippen molar-refractivity contribution in [3.8, 4) is 17.0 Å². The first kappa shape index (κ1) is 15.1. The molecule has 6 rings (SSSR count). The highest BCUT2D eigenvalue weighted by Crippen LogP contribution is 2.91. The highest BCUT2D eigenvalue weighted by molar-refractivity contribution is 5.66. The average molecular weight is 346 g/mol. The van der Waals surface area contributed by atoms with E-state index in [0.717, 1.165) is 23.4 Å². The molecule has 2 heterocycles. The molecule has 3 unspecified atom stereocenters. The Bertz CT molecular complexity index is 841. The topological polar surface area (TPSA) is 66.0 Å². The van der Waals surface area contributed by atoms with Crippen LogP contribution in [0.5, 0.6) is 5.75 Å². The number of nitrogens with two attached hydrogens (primary N) is 1. The number of hydrogen-bond acceptors (Lipinski definition) is 4. The second-order valence-corrected chi connectivity index (χ2v) is 7.69. The first-order valence-corrected chi connectivity index (χ1v) is 8.75. The number of pyridine rings is 1. The zero-order valence-corrected chi connectivity index (χ0v) is 14.1. The molecule has 0 radical (unpaired) electrons. The highest BCUT2D eigenvalue weighted by atomic mass is 19.3. The molecule has 0 saturated heterocycles. The maximum atomic E-state index is 12.5. The molecule has 4 atom stereocenters. The van der Waals surface area contributed by atoms with Crippen LogP contribution in [0.15, 0.2) is 18.3 Å². The van der Waals surface area contributed by atoms with Crippen molar-refractivity contribution in [3.63, 3.8) is 0 Å². The second kappa shape index (κ2) is 4.71. The van der Waals surface area contributed by atoms with E-state index >= 15 is 0 Å². The molecule has 2 bridgehead atoms. The molecule has 4 aliphatic rings. The van der Waals surface area contributed by atoms with Gasteiger partial charge in [-0.3, -0.25) is 4.68 Å². The third-order valence-corrected chi connectivity index (χ3v) is 6.28. The Morgan fingerprint density at radius 1 is 1.28 bits per heavy atom. The van der Waals surface area contributed by atoms with E-state index in [4.69, 9.17) is 10.8 Å². The predicted molar refractivity (Wildman–Crippen MR) is 88.3 cm³/mol. The molecule has 2 aromatic heterocycles. The highest BCUT2D eigenvalue weighted by Gasteiger charge is 2.90. The van der Waals surface area contributed by atoms with Gasteiger partial charge in [-0.25, -0.2) is 4.98 Å². The average Bonchev–Trinajstić information content (AvgIpc) is 3.09. The number of nitrogens with zero attached hydrogens (tertiary/aromatic N) is 3. The van der Waals surface area contributed by atoms with E-state index in [2.05, 4.69) is 34.3 Å². The SMILES string of the molecule is CC(C)n1nc(-c2cnc(N)c(OC(F)F)c2)cc1C12C3CC[C@@H]1C32. The van der Waals surface area contributed by atoms with Crippen LogP contribution in [-0.4, -0.2) is 21.4 Å². The minimum atomic E-state index is -2.93. The zero-order valence-electron chi connectivity index (χ0n) is 14.1. The number of halogens is 2. The van der Waals surface area contributed by atoms with E-state index in [1.165, 1.54) is 24.6 Å². The largest absolute Gasteiger partial charge is 0.431 e. The molecule has 5 nitrogen and oxygen atoms in total. The fourth-order valence-electron chi connectivity index (χ4n) is 5.25. The van der Waals surface area contributed by atoms with Crippen molar-refractivity contribution < 1.29 is 13.5 Å². The molecular weight excluding hydrogens is 326 g/mol. The molecule has 4 saturated carbocycles. The quantitative estimate of drug-likeness (QED) is 0.898. The Morgan fingerprint density at radius 3 is 2.60 bits per heavy atom. The lowest BCUT2D eigenvalue weighted by molar-refractivity contribution is -0.0494. The summed E-state index contributed by atoms with van der Waals surface area (Å²) in [5.74, 6) is 2.33. The molecule has 25 heavy (non-hydrogen) atoms. The lowest BCUT2D eigenvalue weighted by Gasteiger charge is -2.14. The molecule has 4 fully saturated rings. The smallest absolute Gasteiger partial charge is 0.387 e. The molecule has 0 amide bonds. The number of hydrogen-bond donors (Lipinski definition) is 1. The van der Waals surface area contributed by atoms with Gasteiger partial charge in [0, 0.05) is 28.9 Å². The van der Waals surface area contributed by atoms with Gasteiger partial charge in [-0.15, -0.1) is 0 Å². The Hall–Kier alpha value is -2.18. The number of nitrogen functional groups attached to an aromatic ring is 1. The van der Waals surface area contributed by atoms with Crippen LogP contribution in [-0.2, 0) is 5.41 Å².